The first-order valence-electron chi connectivity index (χ1n) is 5.83. The predicted molar refractivity (Wildman–Crippen MR) is 67.6 cm³/mol. The lowest BCUT2D eigenvalue weighted by Gasteiger charge is -2.07. The molecule has 0 aliphatic heterocycles. The summed E-state index contributed by atoms with van der Waals surface area (Å²) in [6.07, 6.45) is 0.553. The fraction of sp³-hybridized carbons (Fsp3) is 0.133. The summed E-state index contributed by atoms with van der Waals surface area (Å²) in [7, 11) is 1.26. The second-order valence-corrected chi connectivity index (χ2v) is 4.50. The Balaban J connectivity index is 2.18. The van der Waals surface area contributed by atoms with Crippen LogP contribution in [0.3, 0.4) is 0 Å². The summed E-state index contributed by atoms with van der Waals surface area (Å²) in [5, 5.41) is 9.83. The van der Waals surface area contributed by atoms with Crippen molar-refractivity contribution in [2.24, 2.45) is 0 Å². The number of hydrogen-bond donors (Lipinski definition) is 1. The first-order chi connectivity index (χ1) is 9.10. The van der Waals surface area contributed by atoms with Crippen LogP contribution < -0.4 is 0 Å². The highest BCUT2D eigenvalue weighted by Gasteiger charge is 2.23. The van der Waals surface area contributed by atoms with Gasteiger partial charge in [0.15, 0.2) is 0 Å². The van der Waals surface area contributed by atoms with Gasteiger partial charge in [0.2, 0.25) is 0 Å². The van der Waals surface area contributed by atoms with E-state index < -0.39 is 5.97 Å². The quantitative estimate of drug-likeness (QED) is 0.683. The average Bonchev–Trinajstić information content (AvgIpc) is 2.72. The number of phenols is 1. The van der Waals surface area contributed by atoms with Gasteiger partial charge >= 0.3 is 5.97 Å². The topological polar surface area (TPSA) is 46.5 Å². The number of rotatable bonds is 1. The maximum atomic E-state index is 13.2. The van der Waals surface area contributed by atoms with E-state index in [0.717, 1.165) is 22.3 Å². The van der Waals surface area contributed by atoms with Gasteiger partial charge in [-0.05, 0) is 52.9 Å². The van der Waals surface area contributed by atoms with Crippen LogP contribution in [-0.4, -0.2) is 18.2 Å². The number of benzene rings is 2. The molecule has 0 heterocycles. The zero-order valence-electron chi connectivity index (χ0n) is 10.2. The summed E-state index contributed by atoms with van der Waals surface area (Å²) in [5.74, 6) is -0.987. The third kappa shape index (κ3) is 1.76. The highest BCUT2D eigenvalue weighted by molar-refractivity contribution is 5.95. The van der Waals surface area contributed by atoms with Gasteiger partial charge in [0, 0.05) is 0 Å². The summed E-state index contributed by atoms with van der Waals surface area (Å²) in [6, 6.07) is 7.69. The Bertz CT molecular complexity index is 692. The number of carbonyl (C=O) groups is 1. The third-order valence-electron chi connectivity index (χ3n) is 3.37. The molecule has 0 radical (unpaired) electrons. The Morgan fingerprint density at radius 3 is 2.68 bits per heavy atom. The van der Waals surface area contributed by atoms with Crippen molar-refractivity contribution < 1.29 is 19.0 Å². The molecule has 3 rings (SSSR count). The van der Waals surface area contributed by atoms with Crippen molar-refractivity contribution in [1.82, 2.24) is 0 Å². The van der Waals surface area contributed by atoms with Crippen molar-refractivity contribution in [3.8, 4) is 16.9 Å². The Morgan fingerprint density at radius 1 is 1.21 bits per heavy atom. The van der Waals surface area contributed by atoms with Gasteiger partial charge in [-0.15, -0.1) is 0 Å². The van der Waals surface area contributed by atoms with E-state index in [-0.39, 0.29) is 17.1 Å². The Kier molecular flexibility index (Phi) is 2.52. The second-order valence-electron chi connectivity index (χ2n) is 4.50. The molecular formula is C15H11FO3. The fourth-order valence-electron chi connectivity index (χ4n) is 2.48. The number of carbonyl (C=O) groups excluding carboxylic acids is 1. The smallest absolute Gasteiger partial charge is 0.341 e. The SMILES string of the molecule is COC(=O)c1cc2c(cc1O)Cc1cc(F)ccc1-2. The van der Waals surface area contributed by atoms with Crippen LogP contribution in [0.15, 0.2) is 30.3 Å². The summed E-state index contributed by atoms with van der Waals surface area (Å²) < 4.78 is 17.8. The lowest BCUT2D eigenvalue weighted by atomic mass is 10.0. The number of fused-ring (bicyclic) bond motifs is 3. The molecule has 0 fully saturated rings. The molecule has 0 bridgehead atoms. The van der Waals surface area contributed by atoms with E-state index in [0.29, 0.717) is 6.42 Å². The summed E-state index contributed by atoms with van der Waals surface area (Å²) in [6.45, 7) is 0. The maximum absolute atomic E-state index is 13.2. The Hall–Kier alpha value is -2.36. The standard InChI is InChI=1S/C15H11FO3/c1-19-15(18)13-7-12-9(6-14(13)17)4-8-5-10(16)2-3-11(8)12/h2-3,5-7,17H,4H2,1H3. The molecule has 3 nitrogen and oxygen atoms in total. The molecule has 1 aliphatic rings. The minimum Gasteiger partial charge on any atom is -0.507 e. The molecule has 0 saturated heterocycles. The summed E-state index contributed by atoms with van der Waals surface area (Å²) >= 11 is 0. The first kappa shape index (κ1) is 11.7. The van der Waals surface area contributed by atoms with Crippen LogP contribution in [0.5, 0.6) is 5.75 Å². The van der Waals surface area contributed by atoms with Crippen LogP contribution >= 0.6 is 0 Å². The number of phenolic OH excluding ortho intramolecular Hbond substituents is 1. The van der Waals surface area contributed by atoms with Crippen LogP contribution in [0.2, 0.25) is 0 Å². The largest absolute Gasteiger partial charge is 0.507 e. The number of esters is 1. The predicted octanol–water partition coefficient (Wildman–Crippen LogP) is 2.89. The lowest BCUT2D eigenvalue weighted by molar-refractivity contribution is 0.0597. The van der Waals surface area contributed by atoms with Crippen molar-refractivity contribution in [3.05, 3.63) is 52.8 Å². The highest BCUT2D eigenvalue weighted by atomic mass is 19.1. The minimum atomic E-state index is -0.587. The lowest BCUT2D eigenvalue weighted by Crippen LogP contribution is -2.02. The van der Waals surface area contributed by atoms with Crippen LogP contribution in [0.25, 0.3) is 11.1 Å². The Morgan fingerprint density at radius 2 is 1.95 bits per heavy atom. The van der Waals surface area contributed by atoms with Crippen molar-refractivity contribution in [2.45, 2.75) is 6.42 Å². The van der Waals surface area contributed by atoms with Gasteiger partial charge in [-0.1, -0.05) is 6.07 Å². The van der Waals surface area contributed by atoms with Gasteiger partial charge < -0.3 is 9.84 Å². The molecule has 0 aromatic heterocycles. The molecule has 0 unspecified atom stereocenters. The van der Waals surface area contributed by atoms with E-state index in [1.165, 1.54) is 19.2 Å². The normalized spacial score (nSPS) is 11.9. The number of ether oxygens (including phenoxy) is 1. The highest BCUT2D eigenvalue weighted by Crippen LogP contribution is 2.40. The van der Waals surface area contributed by atoms with E-state index in [1.54, 1.807) is 18.2 Å². The first-order valence-corrected chi connectivity index (χ1v) is 5.83. The molecular weight excluding hydrogens is 247 g/mol. The third-order valence-corrected chi connectivity index (χ3v) is 3.37. The Labute approximate surface area is 109 Å². The van der Waals surface area contributed by atoms with Crippen molar-refractivity contribution >= 4 is 5.97 Å². The zero-order valence-corrected chi connectivity index (χ0v) is 10.2. The number of halogens is 1. The summed E-state index contributed by atoms with van der Waals surface area (Å²) in [5.41, 5.74) is 3.59. The molecule has 0 atom stereocenters. The van der Waals surface area contributed by atoms with Gasteiger partial charge in [-0.3, -0.25) is 0 Å². The van der Waals surface area contributed by atoms with E-state index in [4.69, 9.17) is 0 Å². The van der Waals surface area contributed by atoms with Crippen molar-refractivity contribution in [2.75, 3.05) is 7.11 Å². The number of methoxy groups -OCH3 is 1. The van der Waals surface area contributed by atoms with Gasteiger partial charge in [-0.2, -0.15) is 0 Å². The van der Waals surface area contributed by atoms with E-state index in [9.17, 15) is 14.3 Å². The van der Waals surface area contributed by atoms with Gasteiger partial charge in [0.25, 0.3) is 0 Å². The van der Waals surface area contributed by atoms with Crippen LogP contribution in [0.4, 0.5) is 4.39 Å². The zero-order chi connectivity index (χ0) is 13.6. The van der Waals surface area contributed by atoms with Gasteiger partial charge in [0.05, 0.1) is 7.11 Å². The molecule has 1 N–H and O–H groups in total. The molecule has 19 heavy (non-hydrogen) atoms. The number of aromatic hydroxyl groups is 1. The van der Waals surface area contributed by atoms with Gasteiger partial charge in [-0.25, -0.2) is 9.18 Å². The maximum Gasteiger partial charge on any atom is 0.341 e. The minimum absolute atomic E-state index is 0.112. The molecule has 0 spiro atoms. The van der Waals surface area contributed by atoms with Crippen LogP contribution in [0, 0.1) is 5.82 Å². The molecule has 4 heteroatoms. The molecule has 2 aromatic rings. The van der Waals surface area contributed by atoms with Crippen LogP contribution in [0.1, 0.15) is 21.5 Å². The number of hydrogen-bond acceptors (Lipinski definition) is 3. The summed E-state index contributed by atoms with van der Waals surface area (Å²) in [4.78, 5) is 11.6. The average molecular weight is 258 g/mol. The molecule has 96 valence electrons. The molecule has 0 amide bonds. The van der Waals surface area contributed by atoms with E-state index in [2.05, 4.69) is 4.74 Å². The fourth-order valence-corrected chi connectivity index (χ4v) is 2.48. The molecule has 0 saturated carbocycles. The van der Waals surface area contributed by atoms with E-state index >= 15 is 0 Å². The van der Waals surface area contributed by atoms with Crippen LogP contribution in [-0.2, 0) is 11.2 Å². The van der Waals surface area contributed by atoms with Crippen molar-refractivity contribution in [3.63, 3.8) is 0 Å². The molecule has 2 aromatic carbocycles. The monoisotopic (exact) mass is 258 g/mol. The second kappa shape index (κ2) is 4.09. The van der Waals surface area contributed by atoms with Crippen molar-refractivity contribution in [1.29, 1.82) is 0 Å². The molecule has 1 aliphatic carbocycles. The van der Waals surface area contributed by atoms with Gasteiger partial charge in [0.1, 0.15) is 17.1 Å². The van der Waals surface area contributed by atoms with E-state index in [1.807, 2.05) is 0 Å².